The Morgan fingerprint density at radius 3 is 2.45 bits per heavy atom. The molecule has 1 amide bonds. The van der Waals surface area contributed by atoms with Gasteiger partial charge in [0.1, 0.15) is 29.6 Å². The van der Waals surface area contributed by atoms with E-state index in [4.69, 9.17) is 26.4 Å². The molecule has 0 aliphatic carbocycles. The van der Waals surface area contributed by atoms with E-state index in [1.54, 1.807) is 32.4 Å². The number of hydrogen-bond acceptors (Lipinski definition) is 5. The summed E-state index contributed by atoms with van der Waals surface area (Å²) < 4.78 is 17.8. The van der Waals surface area contributed by atoms with Crippen molar-refractivity contribution in [2.75, 3.05) is 19.1 Å². The Hall–Kier alpha value is -3.36. The number of nitrogens with zero attached hydrogens (tertiary/aromatic N) is 1. The van der Waals surface area contributed by atoms with Gasteiger partial charge in [-0.3, -0.25) is 4.79 Å². The summed E-state index contributed by atoms with van der Waals surface area (Å²) in [6.45, 7) is 0.314. The highest BCUT2D eigenvalue weighted by Crippen LogP contribution is 2.32. The fourth-order valence-corrected chi connectivity index (χ4v) is 3.98. The summed E-state index contributed by atoms with van der Waals surface area (Å²) in [4.78, 5) is 14.6. The van der Waals surface area contributed by atoms with Gasteiger partial charge in [0, 0.05) is 10.0 Å². The van der Waals surface area contributed by atoms with Gasteiger partial charge in [0.25, 0.3) is 5.91 Å². The van der Waals surface area contributed by atoms with E-state index in [-0.39, 0.29) is 5.91 Å². The van der Waals surface area contributed by atoms with Gasteiger partial charge in [-0.1, -0.05) is 34.1 Å². The molecular weight excluding hydrogens is 504 g/mol. The van der Waals surface area contributed by atoms with Gasteiger partial charge in [-0.05, 0) is 72.4 Å². The third-order valence-electron chi connectivity index (χ3n) is 5.03. The summed E-state index contributed by atoms with van der Waals surface area (Å²) in [6.07, 6.45) is 1.76. The van der Waals surface area contributed by atoms with Crippen molar-refractivity contribution in [2.45, 2.75) is 6.61 Å². The van der Waals surface area contributed by atoms with Gasteiger partial charge in [-0.25, -0.2) is 4.90 Å². The normalized spacial score (nSPS) is 14.4. The van der Waals surface area contributed by atoms with Crippen molar-refractivity contribution in [3.05, 3.63) is 88.0 Å². The number of para-hydroxylation sites is 2. The van der Waals surface area contributed by atoms with Crippen LogP contribution in [-0.2, 0) is 11.4 Å². The molecule has 1 heterocycles. The number of thiocarbonyl (C=S) groups is 1. The number of rotatable bonds is 7. The number of hydrogen-bond donors (Lipinski definition) is 1. The molecule has 6 nitrogen and oxygen atoms in total. The lowest BCUT2D eigenvalue weighted by atomic mass is 10.1. The smallest absolute Gasteiger partial charge is 0.281 e. The van der Waals surface area contributed by atoms with Gasteiger partial charge in [-0.2, -0.15) is 0 Å². The van der Waals surface area contributed by atoms with Crippen LogP contribution < -0.4 is 24.4 Å². The molecule has 0 bridgehead atoms. The maximum Gasteiger partial charge on any atom is 0.281 e. The van der Waals surface area contributed by atoms with Crippen molar-refractivity contribution in [3.8, 4) is 17.2 Å². The zero-order chi connectivity index (χ0) is 23.4. The Kier molecular flexibility index (Phi) is 6.96. The summed E-state index contributed by atoms with van der Waals surface area (Å²) in [7, 11) is 3.17. The summed E-state index contributed by atoms with van der Waals surface area (Å²) >= 11 is 8.84. The summed E-state index contributed by atoms with van der Waals surface area (Å²) in [6, 6.07) is 20.5. The largest absolute Gasteiger partial charge is 0.496 e. The fourth-order valence-electron chi connectivity index (χ4n) is 3.43. The second-order valence-electron chi connectivity index (χ2n) is 7.11. The number of carbonyl (C=O) groups is 1. The first-order valence-corrected chi connectivity index (χ1v) is 11.3. The lowest BCUT2D eigenvalue weighted by molar-refractivity contribution is -0.113. The number of carbonyl (C=O) groups excluding carboxylic acids is 1. The van der Waals surface area contributed by atoms with Gasteiger partial charge < -0.3 is 19.5 Å². The van der Waals surface area contributed by atoms with Crippen molar-refractivity contribution in [1.82, 2.24) is 5.32 Å². The lowest BCUT2D eigenvalue weighted by Crippen LogP contribution is -2.30. The number of anilines is 1. The first-order chi connectivity index (χ1) is 16.0. The molecule has 0 atom stereocenters. The second-order valence-corrected chi connectivity index (χ2v) is 8.42. The van der Waals surface area contributed by atoms with Crippen LogP contribution in [0.1, 0.15) is 11.1 Å². The van der Waals surface area contributed by atoms with E-state index in [0.29, 0.717) is 34.6 Å². The molecule has 168 valence electrons. The Balaban J connectivity index is 1.58. The van der Waals surface area contributed by atoms with E-state index < -0.39 is 0 Å². The van der Waals surface area contributed by atoms with Crippen LogP contribution in [0.5, 0.6) is 17.2 Å². The number of amides is 1. The maximum absolute atomic E-state index is 13.1. The van der Waals surface area contributed by atoms with E-state index in [0.717, 1.165) is 21.3 Å². The SMILES string of the molecule is COc1ccc(/C=C2/NC(=S)N(c3ccccc3OC)C2=O)cc1COc1ccc(Br)cc1. The summed E-state index contributed by atoms with van der Waals surface area (Å²) in [5, 5.41) is 3.30. The first-order valence-electron chi connectivity index (χ1n) is 10.1. The Bertz CT molecular complexity index is 1230. The molecule has 1 aliphatic rings. The Labute approximate surface area is 205 Å². The van der Waals surface area contributed by atoms with Crippen LogP contribution in [-0.4, -0.2) is 25.2 Å². The molecule has 0 spiro atoms. The van der Waals surface area contributed by atoms with Gasteiger partial charge in [-0.15, -0.1) is 0 Å². The minimum Gasteiger partial charge on any atom is -0.496 e. The molecule has 1 saturated heterocycles. The van der Waals surface area contributed by atoms with E-state index in [1.807, 2.05) is 54.6 Å². The highest BCUT2D eigenvalue weighted by Gasteiger charge is 2.33. The summed E-state index contributed by atoms with van der Waals surface area (Å²) in [5.41, 5.74) is 2.62. The van der Waals surface area contributed by atoms with Crippen LogP contribution in [0.4, 0.5) is 5.69 Å². The molecule has 1 fully saturated rings. The molecule has 1 aliphatic heterocycles. The Morgan fingerprint density at radius 2 is 1.73 bits per heavy atom. The maximum atomic E-state index is 13.1. The molecule has 0 saturated carbocycles. The van der Waals surface area contributed by atoms with Gasteiger partial charge in [0.05, 0.1) is 19.9 Å². The molecule has 4 rings (SSSR count). The quantitative estimate of drug-likeness (QED) is 0.334. The van der Waals surface area contributed by atoms with Crippen LogP contribution in [0.3, 0.4) is 0 Å². The summed E-state index contributed by atoms with van der Waals surface area (Å²) in [5.74, 6) is 1.75. The first kappa shape index (κ1) is 22.8. The predicted molar refractivity (Wildman–Crippen MR) is 136 cm³/mol. The molecular formula is C25H21BrN2O4S. The highest BCUT2D eigenvalue weighted by molar-refractivity contribution is 9.10. The predicted octanol–water partition coefficient (Wildman–Crippen LogP) is 5.31. The number of benzene rings is 3. The van der Waals surface area contributed by atoms with Crippen molar-refractivity contribution in [1.29, 1.82) is 0 Å². The van der Waals surface area contributed by atoms with Crippen LogP contribution in [0.2, 0.25) is 0 Å². The molecule has 3 aromatic carbocycles. The van der Waals surface area contributed by atoms with E-state index >= 15 is 0 Å². The highest BCUT2D eigenvalue weighted by atomic mass is 79.9. The van der Waals surface area contributed by atoms with Crippen LogP contribution in [0, 0.1) is 0 Å². The van der Waals surface area contributed by atoms with Crippen molar-refractivity contribution in [3.63, 3.8) is 0 Å². The molecule has 3 aromatic rings. The molecule has 8 heteroatoms. The van der Waals surface area contributed by atoms with Crippen LogP contribution in [0.15, 0.2) is 76.9 Å². The molecule has 0 radical (unpaired) electrons. The number of halogens is 1. The third-order valence-corrected chi connectivity index (χ3v) is 5.84. The lowest BCUT2D eigenvalue weighted by Gasteiger charge is -2.17. The van der Waals surface area contributed by atoms with E-state index in [1.165, 1.54) is 4.90 Å². The molecule has 0 aromatic heterocycles. The zero-order valence-corrected chi connectivity index (χ0v) is 20.4. The molecule has 33 heavy (non-hydrogen) atoms. The van der Waals surface area contributed by atoms with Crippen LogP contribution in [0.25, 0.3) is 6.08 Å². The average Bonchev–Trinajstić information content (AvgIpc) is 3.11. The number of ether oxygens (including phenoxy) is 3. The minimum atomic E-state index is -0.256. The van der Waals surface area contributed by atoms with Crippen molar-refractivity contribution in [2.24, 2.45) is 0 Å². The standard InChI is InChI=1S/C25H21BrN2O4S/c1-30-22-12-7-16(13-17(22)15-32-19-10-8-18(26)9-11-19)14-20-24(29)28(25(33)27-20)21-5-3-4-6-23(21)31-2/h3-14H,15H2,1-2H3,(H,27,33)/b20-14+. The van der Waals surface area contributed by atoms with E-state index in [2.05, 4.69) is 21.2 Å². The zero-order valence-electron chi connectivity index (χ0n) is 18.0. The number of methoxy groups -OCH3 is 2. The minimum absolute atomic E-state index is 0.256. The second kappa shape index (κ2) is 10.1. The van der Waals surface area contributed by atoms with Gasteiger partial charge in [0.2, 0.25) is 0 Å². The topological polar surface area (TPSA) is 60.0 Å². The van der Waals surface area contributed by atoms with Crippen molar-refractivity contribution < 1.29 is 19.0 Å². The fraction of sp³-hybridized carbons (Fsp3) is 0.120. The molecule has 0 unspecified atom stereocenters. The van der Waals surface area contributed by atoms with Gasteiger partial charge >= 0.3 is 0 Å². The van der Waals surface area contributed by atoms with E-state index in [9.17, 15) is 4.79 Å². The van der Waals surface area contributed by atoms with Crippen LogP contribution >= 0.6 is 28.1 Å². The monoisotopic (exact) mass is 524 g/mol. The average molecular weight is 525 g/mol. The van der Waals surface area contributed by atoms with Crippen molar-refractivity contribution >= 4 is 50.9 Å². The third kappa shape index (κ3) is 5.02. The van der Waals surface area contributed by atoms with Gasteiger partial charge in [0.15, 0.2) is 5.11 Å². The molecule has 1 N–H and O–H groups in total. The Morgan fingerprint density at radius 1 is 1.00 bits per heavy atom. The number of nitrogens with one attached hydrogen (secondary N) is 1.